The molecule has 5 heteroatoms. The fourth-order valence-corrected chi connectivity index (χ4v) is 1.71. The smallest absolute Gasteiger partial charge is 0.328 e. The Morgan fingerprint density at radius 1 is 1.25 bits per heavy atom. The number of aliphatic carboxylic acids is 1. The number of nitrogens with zero attached hydrogens (tertiary/aromatic N) is 1. The van der Waals surface area contributed by atoms with E-state index in [1.165, 1.54) is 24.3 Å². The maximum absolute atomic E-state index is 13.9. The molecule has 1 aromatic heterocycles. The van der Waals surface area contributed by atoms with Crippen molar-refractivity contribution < 1.29 is 14.3 Å². The van der Waals surface area contributed by atoms with Gasteiger partial charge in [0.25, 0.3) is 0 Å². The van der Waals surface area contributed by atoms with Crippen LogP contribution in [0.5, 0.6) is 0 Å². The summed E-state index contributed by atoms with van der Waals surface area (Å²) >= 11 is 0. The van der Waals surface area contributed by atoms with Crippen molar-refractivity contribution in [3.63, 3.8) is 0 Å². The van der Waals surface area contributed by atoms with Gasteiger partial charge < -0.3 is 9.67 Å². The third-order valence-corrected chi connectivity index (χ3v) is 2.71. The minimum Gasteiger partial charge on any atom is -0.478 e. The second kappa shape index (κ2) is 5.97. The van der Waals surface area contributed by atoms with Crippen LogP contribution in [0, 0.1) is 5.82 Å². The van der Waals surface area contributed by atoms with Crippen LogP contribution in [0.15, 0.2) is 53.6 Å². The molecule has 1 aromatic carbocycles. The Bertz CT molecular complexity index is 699. The standard InChI is InChI=1S/C15H12FNO3/c16-14-9-11(2-4-15(19)20)1-3-12(14)10-17-7-5-13(18)6-8-17/h1-9H,10H2,(H,19,20). The van der Waals surface area contributed by atoms with Gasteiger partial charge in [0, 0.05) is 42.7 Å². The van der Waals surface area contributed by atoms with Crippen molar-refractivity contribution in [2.75, 3.05) is 0 Å². The molecule has 102 valence electrons. The summed E-state index contributed by atoms with van der Waals surface area (Å²) in [5.41, 5.74) is 0.838. The van der Waals surface area contributed by atoms with Crippen LogP contribution in [0.3, 0.4) is 0 Å². The third-order valence-electron chi connectivity index (χ3n) is 2.71. The van der Waals surface area contributed by atoms with Gasteiger partial charge >= 0.3 is 5.97 Å². The molecule has 0 unspecified atom stereocenters. The van der Waals surface area contributed by atoms with Crippen LogP contribution in [-0.2, 0) is 11.3 Å². The topological polar surface area (TPSA) is 59.3 Å². The normalized spacial score (nSPS) is 10.8. The average molecular weight is 273 g/mol. The van der Waals surface area contributed by atoms with Crippen LogP contribution in [-0.4, -0.2) is 15.6 Å². The summed E-state index contributed by atoms with van der Waals surface area (Å²) < 4.78 is 15.6. The molecule has 0 fully saturated rings. The highest BCUT2D eigenvalue weighted by Gasteiger charge is 2.03. The quantitative estimate of drug-likeness (QED) is 0.868. The highest BCUT2D eigenvalue weighted by Crippen LogP contribution is 2.13. The molecule has 0 amide bonds. The van der Waals surface area contributed by atoms with Gasteiger partial charge in [0.05, 0.1) is 0 Å². The van der Waals surface area contributed by atoms with Crippen LogP contribution >= 0.6 is 0 Å². The number of rotatable bonds is 4. The van der Waals surface area contributed by atoms with Crippen LogP contribution < -0.4 is 5.43 Å². The van der Waals surface area contributed by atoms with E-state index in [1.54, 1.807) is 29.1 Å². The molecule has 0 spiro atoms. The van der Waals surface area contributed by atoms with Crippen molar-refractivity contribution in [3.05, 3.63) is 76.0 Å². The van der Waals surface area contributed by atoms with E-state index in [-0.39, 0.29) is 5.43 Å². The lowest BCUT2D eigenvalue weighted by Gasteiger charge is -2.07. The summed E-state index contributed by atoms with van der Waals surface area (Å²) in [6, 6.07) is 7.32. The molecule has 0 bridgehead atoms. The minimum atomic E-state index is -1.08. The fraction of sp³-hybridized carbons (Fsp3) is 0.0667. The summed E-state index contributed by atoms with van der Waals surface area (Å²) in [4.78, 5) is 21.4. The Labute approximate surface area is 114 Å². The molecule has 0 saturated heterocycles. The number of carboxylic acid groups (broad SMARTS) is 1. The van der Waals surface area contributed by atoms with Crippen molar-refractivity contribution in [1.82, 2.24) is 4.57 Å². The Morgan fingerprint density at radius 2 is 1.95 bits per heavy atom. The molecule has 0 aliphatic heterocycles. The molecule has 0 radical (unpaired) electrons. The first-order chi connectivity index (χ1) is 9.54. The summed E-state index contributed by atoms with van der Waals surface area (Å²) in [6.45, 7) is 0.301. The minimum absolute atomic E-state index is 0.101. The summed E-state index contributed by atoms with van der Waals surface area (Å²) in [5.74, 6) is -1.50. The Kier molecular flexibility index (Phi) is 4.10. The van der Waals surface area contributed by atoms with Crippen molar-refractivity contribution in [1.29, 1.82) is 0 Å². The third kappa shape index (κ3) is 3.65. The largest absolute Gasteiger partial charge is 0.478 e. The van der Waals surface area contributed by atoms with Gasteiger partial charge in [-0.25, -0.2) is 9.18 Å². The number of hydrogen-bond donors (Lipinski definition) is 1. The van der Waals surface area contributed by atoms with Crippen LogP contribution in [0.4, 0.5) is 4.39 Å². The van der Waals surface area contributed by atoms with Gasteiger partial charge in [-0.1, -0.05) is 12.1 Å². The molecule has 2 aromatic rings. The zero-order chi connectivity index (χ0) is 14.5. The Morgan fingerprint density at radius 3 is 2.55 bits per heavy atom. The second-order valence-corrected chi connectivity index (χ2v) is 4.23. The molecule has 0 aliphatic rings. The lowest BCUT2D eigenvalue weighted by molar-refractivity contribution is -0.131. The number of benzene rings is 1. The maximum Gasteiger partial charge on any atom is 0.328 e. The summed E-state index contributed by atoms with van der Waals surface area (Å²) in [5, 5.41) is 8.51. The molecule has 20 heavy (non-hydrogen) atoms. The van der Waals surface area contributed by atoms with Gasteiger partial charge in [0.2, 0.25) is 0 Å². The van der Waals surface area contributed by atoms with E-state index < -0.39 is 11.8 Å². The maximum atomic E-state index is 13.9. The predicted molar refractivity (Wildman–Crippen MR) is 72.9 cm³/mol. The zero-order valence-corrected chi connectivity index (χ0v) is 10.5. The van der Waals surface area contributed by atoms with Gasteiger partial charge in [-0.2, -0.15) is 0 Å². The summed E-state index contributed by atoms with van der Waals surface area (Å²) in [7, 11) is 0. The molecular weight excluding hydrogens is 261 g/mol. The van der Waals surface area contributed by atoms with E-state index in [9.17, 15) is 14.0 Å². The molecule has 0 aliphatic carbocycles. The second-order valence-electron chi connectivity index (χ2n) is 4.23. The molecule has 1 heterocycles. The molecule has 1 N–H and O–H groups in total. The van der Waals surface area contributed by atoms with E-state index >= 15 is 0 Å². The van der Waals surface area contributed by atoms with Gasteiger partial charge in [0.15, 0.2) is 5.43 Å². The average Bonchev–Trinajstić information content (AvgIpc) is 2.41. The number of aromatic nitrogens is 1. The SMILES string of the molecule is O=C(O)C=Cc1ccc(Cn2ccc(=O)cc2)c(F)c1. The van der Waals surface area contributed by atoms with Gasteiger partial charge in [-0.05, 0) is 17.7 Å². The first kappa shape index (κ1) is 13.7. The van der Waals surface area contributed by atoms with E-state index in [4.69, 9.17) is 5.11 Å². The van der Waals surface area contributed by atoms with Gasteiger partial charge in [-0.3, -0.25) is 4.79 Å². The lowest BCUT2D eigenvalue weighted by atomic mass is 10.1. The molecule has 0 atom stereocenters. The van der Waals surface area contributed by atoms with Crippen molar-refractivity contribution in [2.24, 2.45) is 0 Å². The Hall–Kier alpha value is -2.69. The van der Waals surface area contributed by atoms with E-state index in [1.807, 2.05) is 0 Å². The number of carbonyl (C=O) groups is 1. The van der Waals surface area contributed by atoms with E-state index in [0.29, 0.717) is 17.7 Å². The summed E-state index contributed by atoms with van der Waals surface area (Å²) in [6.07, 6.45) is 5.45. The van der Waals surface area contributed by atoms with Crippen molar-refractivity contribution >= 4 is 12.0 Å². The highest BCUT2D eigenvalue weighted by molar-refractivity contribution is 5.85. The predicted octanol–water partition coefficient (Wildman–Crippen LogP) is 2.13. The lowest BCUT2D eigenvalue weighted by Crippen LogP contribution is -2.06. The van der Waals surface area contributed by atoms with Crippen LogP contribution in [0.25, 0.3) is 6.08 Å². The van der Waals surface area contributed by atoms with Crippen molar-refractivity contribution in [3.8, 4) is 0 Å². The molecule has 0 saturated carbocycles. The molecular formula is C15H12FNO3. The number of pyridine rings is 1. The molecule has 4 nitrogen and oxygen atoms in total. The first-order valence-electron chi connectivity index (χ1n) is 5.90. The van der Waals surface area contributed by atoms with E-state index in [2.05, 4.69) is 0 Å². The zero-order valence-electron chi connectivity index (χ0n) is 10.5. The number of halogens is 1. The fourth-order valence-electron chi connectivity index (χ4n) is 1.71. The number of carboxylic acids is 1. The number of hydrogen-bond acceptors (Lipinski definition) is 2. The Balaban J connectivity index is 2.19. The van der Waals surface area contributed by atoms with E-state index in [0.717, 1.165) is 6.08 Å². The van der Waals surface area contributed by atoms with Crippen molar-refractivity contribution in [2.45, 2.75) is 6.54 Å². The van der Waals surface area contributed by atoms with Crippen LogP contribution in [0.2, 0.25) is 0 Å². The van der Waals surface area contributed by atoms with Crippen LogP contribution in [0.1, 0.15) is 11.1 Å². The first-order valence-corrected chi connectivity index (χ1v) is 5.90. The van der Waals surface area contributed by atoms with Gasteiger partial charge in [0.1, 0.15) is 5.82 Å². The monoisotopic (exact) mass is 273 g/mol. The highest BCUT2D eigenvalue weighted by atomic mass is 19.1. The molecule has 2 rings (SSSR count). The van der Waals surface area contributed by atoms with Gasteiger partial charge in [-0.15, -0.1) is 0 Å².